The number of hydrogen-bond donors (Lipinski definition) is 2. The quantitative estimate of drug-likeness (QED) is 0.748. The van der Waals surface area contributed by atoms with E-state index in [0.717, 1.165) is 32.4 Å². The van der Waals surface area contributed by atoms with Crippen LogP contribution in [0.15, 0.2) is 24.3 Å². The van der Waals surface area contributed by atoms with E-state index in [9.17, 15) is 9.59 Å². The van der Waals surface area contributed by atoms with Crippen molar-refractivity contribution in [3.8, 4) is 0 Å². The number of urea groups is 1. The number of rotatable bonds is 6. The van der Waals surface area contributed by atoms with Crippen LogP contribution in [0.5, 0.6) is 0 Å². The standard InChI is InChI=1S/C21H31N3O3/c1-16-6-2-3-7-19(16)27-15-12-22-21(26)23-18-10-8-17(9-11-18)20(25)24-13-4-5-14-24/h8-11,16,19H,2-7,12-15H2,1H3,(H2,22,23,26)/t16-,19+/m1/s1. The van der Waals surface area contributed by atoms with Crippen molar-refractivity contribution in [3.63, 3.8) is 0 Å². The van der Waals surface area contributed by atoms with Gasteiger partial charge in [0.15, 0.2) is 0 Å². The van der Waals surface area contributed by atoms with Crippen LogP contribution in [-0.2, 0) is 4.74 Å². The first kappa shape index (κ1) is 19.7. The zero-order valence-electron chi connectivity index (χ0n) is 16.2. The Morgan fingerprint density at radius 3 is 2.48 bits per heavy atom. The topological polar surface area (TPSA) is 70.7 Å². The van der Waals surface area contributed by atoms with Gasteiger partial charge in [-0.25, -0.2) is 4.79 Å². The average Bonchev–Trinajstić information content (AvgIpc) is 3.21. The first-order chi connectivity index (χ1) is 13.1. The van der Waals surface area contributed by atoms with Crippen molar-refractivity contribution < 1.29 is 14.3 Å². The summed E-state index contributed by atoms with van der Waals surface area (Å²) in [5.41, 5.74) is 1.34. The highest BCUT2D eigenvalue weighted by atomic mass is 16.5. The number of carbonyl (C=O) groups is 2. The Balaban J connectivity index is 1.37. The molecule has 2 N–H and O–H groups in total. The highest BCUT2D eigenvalue weighted by Crippen LogP contribution is 2.26. The van der Waals surface area contributed by atoms with E-state index in [1.165, 1.54) is 19.3 Å². The molecule has 1 saturated heterocycles. The number of amides is 3. The predicted octanol–water partition coefficient (Wildman–Crippen LogP) is 3.64. The minimum atomic E-state index is -0.256. The highest BCUT2D eigenvalue weighted by molar-refractivity contribution is 5.95. The van der Waals surface area contributed by atoms with Crippen LogP contribution in [0, 0.1) is 5.92 Å². The van der Waals surface area contributed by atoms with Crippen molar-refractivity contribution in [3.05, 3.63) is 29.8 Å². The Bertz CT molecular complexity index is 626. The lowest BCUT2D eigenvalue weighted by Crippen LogP contribution is -2.34. The second-order valence-electron chi connectivity index (χ2n) is 7.63. The normalized spacial score (nSPS) is 22.5. The van der Waals surface area contributed by atoms with E-state index in [1.54, 1.807) is 24.3 Å². The maximum absolute atomic E-state index is 12.3. The molecule has 1 saturated carbocycles. The fourth-order valence-electron chi connectivity index (χ4n) is 3.88. The van der Waals surface area contributed by atoms with Gasteiger partial charge in [0.25, 0.3) is 5.91 Å². The molecular weight excluding hydrogens is 342 g/mol. The molecule has 0 spiro atoms. The number of nitrogens with one attached hydrogen (secondary N) is 2. The summed E-state index contributed by atoms with van der Waals surface area (Å²) in [6.07, 6.45) is 7.36. The second-order valence-corrected chi connectivity index (χ2v) is 7.63. The third-order valence-corrected chi connectivity index (χ3v) is 5.54. The smallest absolute Gasteiger partial charge is 0.319 e. The lowest BCUT2D eigenvalue weighted by Gasteiger charge is -2.28. The zero-order chi connectivity index (χ0) is 19.1. The molecule has 1 aliphatic heterocycles. The van der Waals surface area contributed by atoms with E-state index in [2.05, 4.69) is 17.6 Å². The van der Waals surface area contributed by atoms with Crippen LogP contribution in [0.3, 0.4) is 0 Å². The first-order valence-corrected chi connectivity index (χ1v) is 10.2. The second kappa shape index (κ2) is 9.74. The van der Waals surface area contributed by atoms with Crippen LogP contribution >= 0.6 is 0 Å². The maximum Gasteiger partial charge on any atom is 0.319 e. The largest absolute Gasteiger partial charge is 0.376 e. The third kappa shape index (κ3) is 5.70. The molecule has 1 aromatic carbocycles. The first-order valence-electron chi connectivity index (χ1n) is 10.2. The molecule has 1 heterocycles. The van der Waals surface area contributed by atoms with Gasteiger partial charge in [0, 0.05) is 30.9 Å². The number of anilines is 1. The van der Waals surface area contributed by atoms with Gasteiger partial charge in [0.2, 0.25) is 0 Å². The molecule has 1 aromatic rings. The van der Waals surface area contributed by atoms with Gasteiger partial charge in [0.05, 0.1) is 12.7 Å². The summed E-state index contributed by atoms with van der Waals surface area (Å²) in [5, 5.41) is 5.61. The Hall–Kier alpha value is -2.08. The molecule has 27 heavy (non-hydrogen) atoms. The van der Waals surface area contributed by atoms with E-state index in [-0.39, 0.29) is 11.9 Å². The predicted molar refractivity (Wildman–Crippen MR) is 106 cm³/mol. The molecule has 148 valence electrons. The summed E-state index contributed by atoms with van der Waals surface area (Å²) in [4.78, 5) is 26.2. The fourth-order valence-corrected chi connectivity index (χ4v) is 3.88. The van der Waals surface area contributed by atoms with Gasteiger partial charge in [-0.15, -0.1) is 0 Å². The van der Waals surface area contributed by atoms with Crippen molar-refractivity contribution in [2.45, 2.75) is 51.6 Å². The summed E-state index contributed by atoms with van der Waals surface area (Å²) in [5.74, 6) is 0.673. The molecule has 2 aliphatic rings. The zero-order valence-corrected chi connectivity index (χ0v) is 16.2. The van der Waals surface area contributed by atoms with Gasteiger partial charge in [-0.3, -0.25) is 4.79 Å². The van der Waals surface area contributed by atoms with Crippen molar-refractivity contribution >= 4 is 17.6 Å². The van der Waals surface area contributed by atoms with Gasteiger partial charge in [-0.1, -0.05) is 19.8 Å². The van der Waals surface area contributed by atoms with Gasteiger partial charge in [-0.2, -0.15) is 0 Å². The molecule has 3 rings (SSSR count). The summed E-state index contributed by atoms with van der Waals surface area (Å²) in [7, 11) is 0. The molecule has 2 fully saturated rings. The highest BCUT2D eigenvalue weighted by Gasteiger charge is 2.21. The summed E-state index contributed by atoms with van der Waals surface area (Å²) in [6, 6.07) is 6.81. The molecule has 3 amide bonds. The molecule has 0 radical (unpaired) electrons. The monoisotopic (exact) mass is 373 g/mol. The summed E-state index contributed by atoms with van der Waals surface area (Å²) < 4.78 is 5.90. The molecular formula is C21H31N3O3. The van der Waals surface area contributed by atoms with Gasteiger partial charge >= 0.3 is 6.03 Å². The molecule has 6 heteroatoms. The Morgan fingerprint density at radius 2 is 1.78 bits per heavy atom. The Kier molecular flexibility index (Phi) is 7.10. The number of likely N-dealkylation sites (tertiary alicyclic amines) is 1. The van der Waals surface area contributed by atoms with Crippen molar-refractivity contribution in [2.75, 3.05) is 31.6 Å². The van der Waals surface area contributed by atoms with Crippen LogP contribution in [-0.4, -0.2) is 49.2 Å². The van der Waals surface area contributed by atoms with Gasteiger partial charge in [-0.05, 0) is 55.9 Å². The van der Waals surface area contributed by atoms with Crippen LogP contribution < -0.4 is 10.6 Å². The molecule has 0 unspecified atom stereocenters. The Morgan fingerprint density at radius 1 is 1.07 bits per heavy atom. The summed E-state index contributed by atoms with van der Waals surface area (Å²) in [6.45, 7) is 4.93. The minimum absolute atomic E-state index is 0.0672. The van der Waals surface area contributed by atoms with Crippen molar-refractivity contribution in [2.24, 2.45) is 5.92 Å². The van der Waals surface area contributed by atoms with E-state index < -0.39 is 0 Å². The van der Waals surface area contributed by atoms with E-state index >= 15 is 0 Å². The lowest BCUT2D eigenvalue weighted by atomic mass is 9.88. The average molecular weight is 373 g/mol. The SMILES string of the molecule is C[C@@H]1CCCC[C@@H]1OCCNC(=O)Nc1ccc(C(=O)N2CCCC2)cc1. The lowest BCUT2D eigenvalue weighted by molar-refractivity contribution is -0.00232. The van der Waals surface area contributed by atoms with E-state index in [4.69, 9.17) is 4.74 Å². The number of nitrogens with zero attached hydrogens (tertiary/aromatic N) is 1. The maximum atomic E-state index is 12.3. The third-order valence-electron chi connectivity index (χ3n) is 5.54. The number of benzene rings is 1. The fraction of sp³-hybridized carbons (Fsp3) is 0.619. The molecule has 2 atom stereocenters. The van der Waals surface area contributed by atoms with Gasteiger partial charge < -0.3 is 20.3 Å². The molecule has 1 aliphatic carbocycles. The van der Waals surface area contributed by atoms with Crippen LogP contribution in [0.4, 0.5) is 10.5 Å². The summed E-state index contributed by atoms with van der Waals surface area (Å²) >= 11 is 0. The molecule has 0 bridgehead atoms. The number of hydrogen-bond acceptors (Lipinski definition) is 3. The van der Waals surface area contributed by atoms with Crippen LogP contribution in [0.25, 0.3) is 0 Å². The van der Waals surface area contributed by atoms with E-state index in [1.807, 2.05) is 4.90 Å². The minimum Gasteiger partial charge on any atom is -0.376 e. The number of carbonyl (C=O) groups excluding carboxylic acids is 2. The van der Waals surface area contributed by atoms with Crippen LogP contribution in [0.2, 0.25) is 0 Å². The van der Waals surface area contributed by atoms with Crippen molar-refractivity contribution in [1.82, 2.24) is 10.2 Å². The number of ether oxygens (including phenoxy) is 1. The van der Waals surface area contributed by atoms with E-state index in [0.29, 0.717) is 36.4 Å². The molecule has 6 nitrogen and oxygen atoms in total. The van der Waals surface area contributed by atoms with Crippen LogP contribution in [0.1, 0.15) is 55.8 Å². The van der Waals surface area contributed by atoms with Gasteiger partial charge in [0.1, 0.15) is 0 Å². The Labute approximate surface area is 161 Å². The van der Waals surface area contributed by atoms with Crippen molar-refractivity contribution in [1.29, 1.82) is 0 Å². The molecule has 0 aromatic heterocycles.